The van der Waals surface area contributed by atoms with E-state index in [-0.39, 0.29) is 0 Å². The molecule has 2 aliphatic rings. The summed E-state index contributed by atoms with van der Waals surface area (Å²) in [5.74, 6) is 1.60. The summed E-state index contributed by atoms with van der Waals surface area (Å²) >= 11 is 0. The maximum absolute atomic E-state index is 6.65. The summed E-state index contributed by atoms with van der Waals surface area (Å²) in [5, 5.41) is 0. The molecule has 0 aromatic rings. The predicted molar refractivity (Wildman–Crippen MR) is 76.5 cm³/mol. The minimum atomic E-state index is 0.422. The molecule has 2 rings (SSSR count). The van der Waals surface area contributed by atoms with Crippen LogP contribution in [0.4, 0.5) is 0 Å². The minimum Gasteiger partial charge on any atom is -0.381 e. The summed E-state index contributed by atoms with van der Waals surface area (Å²) in [7, 11) is 0. The van der Waals surface area contributed by atoms with Crippen molar-refractivity contribution in [3.63, 3.8) is 0 Å². The van der Waals surface area contributed by atoms with Gasteiger partial charge in [-0.3, -0.25) is 0 Å². The van der Waals surface area contributed by atoms with Crippen LogP contribution in [0.5, 0.6) is 0 Å². The van der Waals surface area contributed by atoms with E-state index in [0.717, 1.165) is 25.0 Å². The largest absolute Gasteiger partial charge is 0.381 e. The van der Waals surface area contributed by atoms with Crippen LogP contribution < -0.4 is 5.73 Å². The van der Waals surface area contributed by atoms with Crippen molar-refractivity contribution in [3.05, 3.63) is 0 Å². The molecule has 1 aliphatic heterocycles. The molecule has 1 unspecified atom stereocenters. The molecule has 2 nitrogen and oxygen atoms in total. The molecule has 1 aliphatic carbocycles. The van der Waals surface area contributed by atoms with E-state index in [1.165, 1.54) is 51.4 Å². The normalized spacial score (nSPS) is 26.7. The molecule has 1 heterocycles. The van der Waals surface area contributed by atoms with Crippen LogP contribution in [0.3, 0.4) is 0 Å². The average molecular weight is 253 g/mol. The molecule has 1 saturated carbocycles. The van der Waals surface area contributed by atoms with Gasteiger partial charge in [-0.2, -0.15) is 0 Å². The molecule has 0 radical (unpaired) electrons. The third kappa shape index (κ3) is 3.48. The van der Waals surface area contributed by atoms with Gasteiger partial charge in [-0.05, 0) is 55.8 Å². The molecule has 106 valence electrons. The number of nitrogens with two attached hydrogens (primary N) is 1. The molecule has 0 spiro atoms. The molecule has 1 atom stereocenters. The van der Waals surface area contributed by atoms with Crippen LogP contribution in [-0.4, -0.2) is 19.3 Å². The molecule has 2 heteroatoms. The lowest BCUT2D eigenvalue weighted by molar-refractivity contribution is 0.0521. The summed E-state index contributed by atoms with van der Waals surface area (Å²) in [5.41, 5.74) is 7.12. The molecular formula is C16H31NO. The van der Waals surface area contributed by atoms with Gasteiger partial charge < -0.3 is 10.5 Å². The molecular weight excluding hydrogens is 222 g/mol. The zero-order valence-electron chi connectivity index (χ0n) is 12.3. The fourth-order valence-corrected chi connectivity index (χ4v) is 4.21. The van der Waals surface area contributed by atoms with Gasteiger partial charge in [0.1, 0.15) is 0 Å². The van der Waals surface area contributed by atoms with Crippen molar-refractivity contribution in [2.75, 3.05) is 13.2 Å². The van der Waals surface area contributed by atoms with Crippen LogP contribution in [0.15, 0.2) is 0 Å². The number of ether oxygens (including phenoxy) is 1. The van der Waals surface area contributed by atoms with E-state index in [9.17, 15) is 0 Å². The second-order valence-corrected chi connectivity index (χ2v) is 7.07. The molecule has 0 bridgehead atoms. The Kier molecular flexibility index (Phi) is 5.08. The smallest absolute Gasteiger partial charge is 0.0468 e. The molecule has 1 saturated heterocycles. The SMILES string of the molecule is CC(C)CC1(C(N)CC2CCOCC2)CCCC1. The summed E-state index contributed by atoms with van der Waals surface area (Å²) < 4.78 is 5.46. The van der Waals surface area contributed by atoms with Crippen LogP contribution in [-0.2, 0) is 4.74 Å². The predicted octanol–water partition coefficient (Wildman–Crippen LogP) is 3.74. The molecule has 0 aromatic heterocycles. The highest BCUT2D eigenvalue weighted by atomic mass is 16.5. The maximum Gasteiger partial charge on any atom is 0.0468 e. The van der Waals surface area contributed by atoms with Gasteiger partial charge in [-0.1, -0.05) is 26.7 Å². The van der Waals surface area contributed by atoms with Crippen molar-refractivity contribution >= 4 is 0 Å². The zero-order valence-corrected chi connectivity index (χ0v) is 12.3. The number of rotatable bonds is 5. The molecule has 2 fully saturated rings. The maximum atomic E-state index is 6.65. The Morgan fingerprint density at radius 1 is 1.17 bits per heavy atom. The topological polar surface area (TPSA) is 35.2 Å². The lowest BCUT2D eigenvalue weighted by Gasteiger charge is -2.39. The minimum absolute atomic E-state index is 0.422. The van der Waals surface area contributed by atoms with Crippen molar-refractivity contribution in [2.24, 2.45) is 23.0 Å². The van der Waals surface area contributed by atoms with Crippen LogP contribution in [0, 0.1) is 17.3 Å². The van der Waals surface area contributed by atoms with E-state index in [2.05, 4.69) is 13.8 Å². The Labute approximate surface area is 113 Å². The van der Waals surface area contributed by atoms with Gasteiger partial charge in [0.15, 0.2) is 0 Å². The summed E-state index contributed by atoms with van der Waals surface area (Å²) in [6, 6.07) is 0.422. The van der Waals surface area contributed by atoms with Crippen molar-refractivity contribution in [3.8, 4) is 0 Å². The first-order valence-electron chi connectivity index (χ1n) is 7.96. The first-order valence-corrected chi connectivity index (χ1v) is 7.96. The zero-order chi connectivity index (χ0) is 13.0. The van der Waals surface area contributed by atoms with Gasteiger partial charge >= 0.3 is 0 Å². The van der Waals surface area contributed by atoms with Crippen LogP contribution in [0.2, 0.25) is 0 Å². The third-order valence-corrected chi connectivity index (χ3v) is 5.13. The third-order valence-electron chi connectivity index (χ3n) is 5.13. The van der Waals surface area contributed by atoms with E-state index >= 15 is 0 Å². The van der Waals surface area contributed by atoms with Gasteiger partial charge in [-0.25, -0.2) is 0 Å². The fourth-order valence-electron chi connectivity index (χ4n) is 4.21. The summed E-state index contributed by atoms with van der Waals surface area (Å²) in [6.07, 6.45) is 10.6. The highest BCUT2D eigenvalue weighted by Gasteiger charge is 2.40. The van der Waals surface area contributed by atoms with Crippen molar-refractivity contribution in [1.82, 2.24) is 0 Å². The van der Waals surface area contributed by atoms with Gasteiger partial charge in [0.05, 0.1) is 0 Å². The first-order chi connectivity index (χ1) is 8.62. The molecule has 0 amide bonds. The van der Waals surface area contributed by atoms with Crippen molar-refractivity contribution in [1.29, 1.82) is 0 Å². The Bertz CT molecular complexity index is 239. The Balaban J connectivity index is 1.92. The number of hydrogen-bond acceptors (Lipinski definition) is 2. The Morgan fingerprint density at radius 2 is 1.78 bits per heavy atom. The first kappa shape index (κ1) is 14.3. The second kappa shape index (κ2) is 6.38. The van der Waals surface area contributed by atoms with E-state index in [1.54, 1.807) is 0 Å². The lowest BCUT2D eigenvalue weighted by atomic mass is 9.70. The molecule has 0 aromatic carbocycles. The van der Waals surface area contributed by atoms with Gasteiger partial charge in [0.2, 0.25) is 0 Å². The standard InChI is InChI=1S/C16H31NO/c1-13(2)12-16(7-3-4-8-16)15(17)11-14-5-9-18-10-6-14/h13-15H,3-12,17H2,1-2H3. The fraction of sp³-hybridized carbons (Fsp3) is 1.00. The van der Waals surface area contributed by atoms with Gasteiger partial charge in [0, 0.05) is 19.3 Å². The average Bonchev–Trinajstić information content (AvgIpc) is 2.79. The van der Waals surface area contributed by atoms with Crippen LogP contribution in [0.1, 0.15) is 65.2 Å². The summed E-state index contributed by atoms with van der Waals surface area (Å²) in [4.78, 5) is 0. The van der Waals surface area contributed by atoms with Crippen molar-refractivity contribution < 1.29 is 4.74 Å². The Morgan fingerprint density at radius 3 is 2.33 bits per heavy atom. The monoisotopic (exact) mass is 253 g/mol. The van der Waals surface area contributed by atoms with Crippen LogP contribution >= 0.6 is 0 Å². The number of hydrogen-bond donors (Lipinski definition) is 1. The highest BCUT2D eigenvalue weighted by Crippen LogP contribution is 2.47. The van der Waals surface area contributed by atoms with Gasteiger partial charge in [-0.15, -0.1) is 0 Å². The second-order valence-electron chi connectivity index (χ2n) is 7.07. The van der Waals surface area contributed by atoms with Crippen molar-refractivity contribution in [2.45, 2.75) is 71.3 Å². The van der Waals surface area contributed by atoms with E-state index in [1.807, 2.05) is 0 Å². The van der Waals surface area contributed by atoms with E-state index < -0.39 is 0 Å². The highest BCUT2D eigenvalue weighted by molar-refractivity contribution is 4.94. The molecule has 2 N–H and O–H groups in total. The van der Waals surface area contributed by atoms with Gasteiger partial charge in [0.25, 0.3) is 0 Å². The van der Waals surface area contributed by atoms with E-state index in [0.29, 0.717) is 11.5 Å². The Hall–Kier alpha value is -0.0800. The van der Waals surface area contributed by atoms with Crippen LogP contribution in [0.25, 0.3) is 0 Å². The lowest BCUT2D eigenvalue weighted by Crippen LogP contribution is -2.42. The quantitative estimate of drug-likeness (QED) is 0.810. The van der Waals surface area contributed by atoms with E-state index in [4.69, 9.17) is 10.5 Å². The molecule has 18 heavy (non-hydrogen) atoms. The summed E-state index contributed by atoms with van der Waals surface area (Å²) in [6.45, 7) is 6.60.